The van der Waals surface area contributed by atoms with Crippen molar-refractivity contribution in [3.63, 3.8) is 0 Å². The Bertz CT molecular complexity index is 1170. The molecular formula is C28H30N4O. The molecule has 0 saturated carbocycles. The molecule has 0 spiro atoms. The van der Waals surface area contributed by atoms with Crippen molar-refractivity contribution in [2.24, 2.45) is 11.5 Å². The molecule has 0 amide bonds. The van der Waals surface area contributed by atoms with Crippen molar-refractivity contribution in [1.29, 1.82) is 5.26 Å². The molecule has 2 aromatic rings. The second-order valence-corrected chi connectivity index (χ2v) is 7.80. The summed E-state index contributed by atoms with van der Waals surface area (Å²) >= 11 is 0. The Balaban J connectivity index is 2.17. The number of nitrogens with zero attached hydrogens (tertiary/aromatic N) is 2. The van der Waals surface area contributed by atoms with Gasteiger partial charge in [0, 0.05) is 36.0 Å². The van der Waals surface area contributed by atoms with Crippen LogP contribution in [0.25, 0.3) is 11.3 Å². The molecule has 5 heteroatoms. The monoisotopic (exact) mass is 438 g/mol. The van der Waals surface area contributed by atoms with Gasteiger partial charge in [0.15, 0.2) is 0 Å². The van der Waals surface area contributed by atoms with Gasteiger partial charge in [0.05, 0.1) is 11.6 Å². The number of ketones is 1. The molecule has 0 atom stereocenters. The summed E-state index contributed by atoms with van der Waals surface area (Å²) in [7, 11) is 0. The van der Waals surface area contributed by atoms with Crippen molar-refractivity contribution in [3.8, 4) is 6.07 Å². The molecule has 0 fully saturated rings. The molecule has 0 unspecified atom stereocenters. The number of hydrogen-bond donors (Lipinski definition) is 2. The molecule has 5 nitrogen and oxygen atoms in total. The lowest BCUT2D eigenvalue weighted by Gasteiger charge is -2.09. The van der Waals surface area contributed by atoms with Gasteiger partial charge in [-0.3, -0.25) is 9.78 Å². The van der Waals surface area contributed by atoms with Gasteiger partial charge in [-0.15, -0.1) is 0 Å². The molecule has 0 aliphatic heterocycles. The lowest BCUT2D eigenvalue weighted by atomic mass is 9.94. The van der Waals surface area contributed by atoms with Crippen LogP contribution >= 0.6 is 0 Å². The average molecular weight is 439 g/mol. The van der Waals surface area contributed by atoms with Gasteiger partial charge in [-0.05, 0) is 74.0 Å². The van der Waals surface area contributed by atoms with Gasteiger partial charge in [0.1, 0.15) is 5.78 Å². The predicted molar refractivity (Wildman–Crippen MR) is 136 cm³/mol. The minimum atomic E-state index is 0.0236. The third kappa shape index (κ3) is 7.79. The summed E-state index contributed by atoms with van der Waals surface area (Å²) in [5.74, 6) is 0.0236. The van der Waals surface area contributed by atoms with Crippen LogP contribution < -0.4 is 11.5 Å². The number of aromatic nitrogens is 1. The molecule has 0 aliphatic carbocycles. The minimum absolute atomic E-state index is 0.0236. The number of pyridine rings is 1. The third-order valence-corrected chi connectivity index (χ3v) is 4.75. The highest BCUT2D eigenvalue weighted by atomic mass is 16.1. The SMILES string of the molecule is C/C=C\C=C(/C=C(C)C)c1ccc(CC(=O)Cc2ccc(/C(N)=C/C=C\N)cn2)cc1C#N. The second-order valence-electron chi connectivity index (χ2n) is 7.80. The Morgan fingerprint density at radius 2 is 1.91 bits per heavy atom. The normalized spacial score (nSPS) is 12.2. The Kier molecular flexibility index (Phi) is 9.60. The maximum absolute atomic E-state index is 12.6. The zero-order valence-corrected chi connectivity index (χ0v) is 19.4. The van der Waals surface area contributed by atoms with Crippen LogP contribution in [0.4, 0.5) is 0 Å². The van der Waals surface area contributed by atoms with E-state index in [0.29, 0.717) is 17.0 Å². The number of nitriles is 1. The van der Waals surface area contributed by atoms with Gasteiger partial charge < -0.3 is 11.5 Å². The molecule has 1 aromatic heterocycles. The van der Waals surface area contributed by atoms with Crippen molar-refractivity contribution < 1.29 is 4.79 Å². The fraction of sp³-hybridized carbons (Fsp3) is 0.179. The fourth-order valence-electron chi connectivity index (χ4n) is 3.22. The lowest BCUT2D eigenvalue weighted by molar-refractivity contribution is -0.117. The van der Waals surface area contributed by atoms with Crippen molar-refractivity contribution in [2.75, 3.05) is 0 Å². The Morgan fingerprint density at radius 1 is 1.12 bits per heavy atom. The van der Waals surface area contributed by atoms with Gasteiger partial charge >= 0.3 is 0 Å². The highest BCUT2D eigenvalue weighted by molar-refractivity contribution is 5.84. The van der Waals surface area contributed by atoms with Gasteiger partial charge in [-0.1, -0.05) is 42.0 Å². The van der Waals surface area contributed by atoms with E-state index in [0.717, 1.165) is 27.8 Å². The van der Waals surface area contributed by atoms with Crippen LogP contribution in [-0.2, 0) is 17.6 Å². The highest BCUT2D eigenvalue weighted by Crippen LogP contribution is 2.23. The molecule has 1 heterocycles. The van der Waals surface area contributed by atoms with Crippen molar-refractivity contribution in [1.82, 2.24) is 4.98 Å². The summed E-state index contributed by atoms with van der Waals surface area (Å²) in [6, 6.07) is 11.5. The van der Waals surface area contributed by atoms with Crippen LogP contribution in [0.1, 0.15) is 48.7 Å². The first-order valence-corrected chi connectivity index (χ1v) is 10.7. The quantitative estimate of drug-likeness (QED) is 0.536. The van der Waals surface area contributed by atoms with E-state index in [1.165, 1.54) is 6.20 Å². The molecule has 4 N–H and O–H groups in total. The Morgan fingerprint density at radius 3 is 2.52 bits per heavy atom. The maximum atomic E-state index is 12.6. The van der Waals surface area contributed by atoms with Crippen molar-refractivity contribution in [3.05, 3.63) is 113 Å². The van der Waals surface area contributed by atoms with Crippen LogP contribution in [-0.4, -0.2) is 10.8 Å². The topological polar surface area (TPSA) is 106 Å². The van der Waals surface area contributed by atoms with E-state index in [1.807, 2.05) is 63.3 Å². The first-order valence-electron chi connectivity index (χ1n) is 10.7. The van der Waals surface area contributed by atoms with Gasteiger partial charge in [0.25, 0.3) is 0 Å². The third-order valence-electron chi connectivity index (χ3n) is 4.75. The van der Waals surface area contributed by atoms with Crippen molar-refractivity contribution in [2.45, 2.75) is 33.6 Å². The number of carbonyl (C=O) groups excluding carboxylic acids is 1. The van der Waals surface area contributed by atoms with E-state index in [9.17, 15) is 10.1 Å². The standard InChI is InChI=1S/C28H30N4O/c1-4-5-7-22(14-20(2)3)27-12-9-21(15-24(27)18-30)16-26(33)17-25-11-10-23(19-32-25)28(31)8-6-13-29/h4-15,19H,16-17,29,31H2,1-3H3/b5-4-,13-6-,22-7+,28-8-. The summed E-state index contributed by atoms with van der Waals surface area (Å²) in [5, 5.41) is 9.71. The molecule has 168 valence electrons. The smallest absolute Gasteiger partial charge is 0.143 e. The van der Waals surface area contributed by atoms with E-state index in [4.69, 9.17) is 11.5 Å². The molecule has 0 radical (unpaired) electrons. The summed E-state index contributed by atoms with van der Waals surface area (Å²) in [6.07, 6.45) is 14.7. The number of hydrogen-bond acceptors (Lipinski definition) is 5. The number of Topliss-reactive ketones (excluding diaryl/α,β-unsaturated/α-hetero) is 1. The first-order chi connectivity index (χ1) is 15.9. The zero-order valence-electron chi connectivity index (χ0n) is 19.4. The maximum Gasteiger partial charge on any atom is 0.143 e. The summed E-state index contributed by atoms with van der Waals surface area (Å²) in [6.45, 7) is 5.99. The number of rotatable bonds is 9. The fourth-order valence-corrected chi connectivity index (χ4v) is 3.22. The highest BCUT2D eigenvalue weighted by Gasteiger charge is 2.11. The number of benzene rings is 1. The van der Waals surface area contributed by atoms with E-state index in [2.05, 4.69) is 11.1 Å². The van der Waals surface area contributed by atoms with E-state index in [1.54, 1.807) is 30.5 Å². The molecular weight excluding hydrogens is 408 g/mol. The van der Waals surface area contributed by atoms with Gasteiger partial charge in [-0.2, -0.15) is 5.26 Å². The minimum Gasteiger partial charge on any atom is -0.405 e. The Labute approximate surface area is 196 Å². The molecule has 33 heavy (non-hydrogen) atoms. The summed E-state index contributed by atoms with van der Waals surface area (Å²) in [4.78, 5) is 17.0. The zero-order chi connectivity index (χ0) is 24.2. The lowest BCUT2D eigenvalue weighted by Crippen LogP contribution is -2.09. The number of allylic oxidation sites excluding steroid dienone is 8. The molecule has 0 bridgehead atoms. The van der Waals surface area contributed by atoms with Crippen LogP contribution in [0.2, 0.25) is 0 Å². The first kappa shape index (κ1) is 25.1. The van der Waals surface area contributed by atoms with Gasteiger partial charge in [-0.25, -0.2) is 0 Å². The molecule has 2 rings (SSSR count). The van der Waals surface area contributed by atoms with Crippen LogP contribution in [0.3, 0.4) is 0 Å². The Hall–Kier alpha value is -4.17. The number of carbonyl (C=O) groups is 1. The number of nitrogens with two attached hydrogens (primary N) is 2. The van der Waals surface area contributed by atoms with Crippen LogP contribution in [0.15, 0.2) is 84.8 Å². The van der Waals surface area contributed by atoms with E-state index >= 15 is 0 Å². The van der Waals surface area contributed by atoms with Crippen LogP contribution in [0, 0.1) is 11.3 Å². The summed E-state index contributed by atoms with van der Waals surface area (Å²) in [5.41, 5.74) is 17.5. The predicted octanol–water partition coefficient (Wildman–Crippen LogP) is 5.01. The van der Waals surface area contributed by atoms with Crippen LogP contribution in [0.5, 0.6) is 0 Å². The molecule has 1 aromatic carbocycles. The average Bonchev–Trinajstić information content (AvgIpc) is 2.80. The largest absolute Gasteiger partial charge is 0.405 e. The van der Waals surface area contributed by atoms with E-state index < -0.39 is 0 Å². The molecule has 0 saturated heterocycles. The van der Waals surface area contributed by atoms with Crippen molar-refractivity contribution >= 4 is 17.1 Å². The molecule has 0 aliphatic rings. The van der Waals surface area contributed by atoms with E-state index in [-0.39, 0.29) is 18.6 Å². The summed E-state index contributed by atoms with van der Waals surface area (Å²) < 4.78 is 0. The second kappa shape index (κ2) is 12.6. The van der Waals surface area contributed by atoms with Gasteiger partial charge in [0.2, 0.25) is 0 Å².